The minimum absolute atomic E-state index is 0.0248. The van der Waals surface area contributed by atoms with Crippen molar-refractivity contribution in [1.82, 2.24) is 0 Å². The fourth-order valence-corrected chi connectivity index (χ4v) is 2.11. The number of fused-ring (bicyclic) bond motifs is 1. The van der Waals surface area contributed by atoms with E-state index in [1.54, 1.807) is 0 Å². The Labute approximate surface area is 89.9 Å². The van der Waals surface area contributed by atoms with Gasteiger partial charge in [0, 0.05) is 18.0 Å². The Morgan fingerprint density at radius 3 is 3.00 bits per heavy atom. The lowest BCUT2D eigenvalue weighted by Crippen LogP contribution is -2.46. The fourth-order valence-electron chi connectivity index (χ4n) is 2.11. The van der Waals surface area contributed by atoms with Gasteiger partial charge in [-0.05, 0) is 12.5 Å². The molecule has 0 saturated heterocycles. The van der Waals surface area contributed by atoms with Gasteiger partial charge in [-0.3, -0.25) is 0 Å². The molecule has 3 heteroatoms. The summed E-state index contributed by atoms with van der Waals surface area (Å²) in [7, 11) is 0. The van der Waals surface area contributed by atoms with Crippen LogP contribution in [-0.2, 0) is 5.60 Å². The summed E-state index contributed by atoms with van der Waals surface area (Å²) in [5.74, 6) is 0.820. The van der Waals surface area contributed by atoms with Crippen molar-refractivity contribution in [3.63, 3.8) is 0 Å². The van der Waals surface area contributed by atoms with Crippen molar-refractivity contribution < 1.29 is 9.84 Å². The number of aliphatic hydroxyl groups is 1. The Hall–Kier alpha value is -1.06. The number of benzene rings is 1. The molecule has 0 fully saturated rings. The zero-order valence-electron chi connectivity index (χ0n) is 9.16. The highest BCUT2D eigenvalue weighted by molar-refractivity contribution is 5.46. The average molecular weight is 207 g/mol. The van der Waals surface area contributed by atoms with Gasteiger partial charge in [0.25, 0.3) is 0 Å². The maximum atomic E-state index is 10.5. The quantitative estimate of drug-likeness (QED) is 0.726. The van der Waals surface area contributed by atoms with Crippen molar-refractivity contribution in [2.24, 2.45) is 11.7 Å². The summed E-state index contributed by atoms with van der Waals surface area (Å²) < 4.78 is 5.65. The predicted octanol–water partition coefficient (Wildman–Crippen LogP) is 1.17. The van der Waals surface area contributed by atoms with Gasteiger partial charge in [0.1, 0.15) is 11.4 Å². The van der Waals surface area contributed by atoms with Crippen LogP contribution in [0.25, 0.3) is 0 Å². The molecule has 1 aromatic carbocycles. The molecule has 82 valence electrons. The maximum Gasteiger partial charge on any atom is 0.128 e. The van der Waals surface area contributed by atoms with E-state index in [1.165, 1.54) is 0 Å². The Bertz CT molecular complexity index is 378. The summed E-state index contributed by atoms with van der Waals surface area (Å²) in [5.41, 5.74) is 6.61. The topological polar surface area (TPSA) is 55.5 Å². The summed E-state index contributed by atoms with van der Waals surface area (Å²) >= 11 is 0. The Morgan fingerprint density at radius 1 is 1.60 bits per heavy atom. The molecule has 0 aromatic heterocycles. The zero-order chi connectivity index (χ0) is 11.1. The summed E-state index contributed by atoms with van der Waals surface area (Å²) in [6, 6.07) is 5.80. The fraction of sp³-hybridized carbons (Fsp3) is 0.500. The summed E-state index contributed by atoms with van der Waals surface area (Å²) in [6.07, 6.45) is 0. The molecule has 2 unspecified atom stereocenters. The number of aryl methyl sites for hydroxylation is 1. The van der Waals surface area contributed by atoms with Gasteiger partial charge in [-0.25, -0.2) is 0 Å². The molecule has 0 bridgehead atoms. The molecular weight excluding hydrogens is 190 g/mol. The van der Waals surface area contributed by atoms with Crippen molar-refractivity contribution in [3.05, 3.63) is 29.3 Å². The third-order valence-electron chi connectivity index (χ3n) is 3.28. The minimum Gasteiger partial charge on any atom is -0.493 e. The normalized spacial score (nSPS) is 29.5. The highest BCUT2D eigenvalue weighted by atomic mass is 16.5. The number of hydrogen-bond acceptors (Lipinski definition) is 3. The van der Waals surface area contributed by atoms with E-state index in [1.807, 2.05) is 32.0 Å². The number of para-hydroxylation sites is 1. The third kappa shape index (κ3) is 1.43. The van der Waals surface area contributed by atoms with Gasteiger partial charge in [0.2, 0.25) is 0 Å². The van der Waals surface area contributed by atoms with E-state index in [4.69, 9.17) is 10.5 Å². The van der Waals surface area contributed by atoms with Crippen LogP contribution in [0.4, 0.5) is 0 Å². The molecule has 3 nitrogen and oxygen atoms in total. The van der Waals surface area contributed by atoms with Gasteiger partial charge in [-0.15, -0.1) is 0 Å². The maximum absolute atomic E-state index is 10.5. The summed E-state index contributed by atoms with van der Waals surface area (Å²) in [6.45, 7) is 4.68. The Morgan fingerprint density at radius 2 is 2.33 bits per heavy atom. The predicted molar refractivity (Wildman–Crippen MR) is 58.8 cm³/mol. The monoisotopic (exact) mass is 207 g/mol. The Balaban J connectivity index is 2.58. The van der Waals surface area contributed by atoms with Crippen LogP contribution >= 0.6 is 0 Å². The van der Waals surface area contributed by atoms with E-state index in [0.717, 1.165) is 16.9 Å². The standard InChI is InChI=1S/C12H17NO2/c1-8-4-3-5-10-11(8)15-6-9(2)12(10,14)7-13/h3-5,9,14H,6-7,13H2,1-2H3. The number of nitrogens with two attached hydrogens (primary N) is 1. The van der Waals surface area contributed by atoms with E-state index in [2.05, 4.69) is 0 Å². The molecule has 0 saturated carbocycles. The molecule has 0 amide bonds. The second-order valence-electron chi connectivity index (χ2n) is 4.29. The molecule has 1 aliphatic heterocycles. The van der Waals surface area contributed by atoms with E-state index >= 15 is 0 Å². The van der Waals surface area contributed by atoms with Gasteiger partial charge < -0.3 is 15.6 Å². The second kappa shape index (κ2) is 3.51. The first-order chi connectivity index (χ1) is 7.09. The SMILES string of the molecule is Cc1cccc2c1OCC(C)C2(O)CN. The highest BCUT2D eigenvalue weighted by Crippen LogP contribution is 2.41. The minimum atomic E-state index is -0.945. The lowest BCUT2D eigenvalue weighted by molar-refractivity contribution is -0.0437. The number of hydrogen-bond donors (Lipinski definition) is 2. The van der Waals surface area contributed by atoms with Crippen molar-refractivity contribution in [2.75, 3.05) is 13.2 Å². The van der Waals surface area contributed by atoms with Gasteiger partial charge >= 0.3 is 0 Å². The van der Waals surface area contributed by atoms with Gasteiger partial charge in [0.15, 0.2) is 0 Å². The van der Waals surface area contributed by atoms with Crippen LogP contribution in [-0.4, -0.2) is 18.3 Å². The van der Waals surface area contributed by atoms with Gasteiger partial charge in [0.05, 0.1) is 6.61 Å². The van der Waals surface area contributed by atoms with E-state index in [0.29, 0.717) is 6.61 Å². The molecule has 0 aliphatic carbocycles. The van der Waals surface area contributed by atoms with Crippen LogP contribution in [0.3, 0.4) is 0 Å². The van der Waals surface area contributed by atoms with E-state index in [-0.39, 0.29) is 12.5 Å². The molecule has 0 radical (unpaired) electrons. The van der Waals surface area contributed by atoms with Crippen LogP contribution in [0.5, 0.6) is 5.75 Å². The number of rotatable bonds is 1. The van der Waals surface area contributed by atoms with Crippen molar-refractivity contribution in [2.45, 2.75) is 19.4 Å². The second-order valence-corrected chi connectivity index (χ2v) is 4.29. The summed E-state index contributed by atoms with van der Waals surface area (Å²) in [5, 5.41) is 10.5. The Kier molecular flexibility index (Phi) is 2.44. The van der Waals surface area contributed by atoms with E-state index < -0.39 is 5.60 Å². The van der Waals surface area contributed by atoms with Crippen molar-refractivity contribution in [1.29, 1.82) is 0 Å². The largest absolute Gasteiger partial charge is 0.493 e. The molecule has 3 N–H and O–H groups in total. The molecule has 1 aliphatic rings. The molecule has 2 atom stereocenters. The summed E-state index contributed by atoms with van der Waals surface area (Å²) in [4.78, 5) is 0. The number of ether oxygens (including phenoxy) is 1. The zero-order valence-corrected chi connectivity index (χ0v) is 9.16. The average Bonchev–Trinajstić information content (AvgIpc) is 2.24. The first kappa shape index (κ1) is 10.5. The smallest absolute Gasteiger partial charge is 0.128 e. The molecule has 2 rings (SSSR count). The molecule has 0 spiro atoms. The van der Waals surface area contributed by atoms with Crippen LogP contribution < -0.4 is 10.5 Å². The van der Waals surface area contributed by atoms with E-state index in [9.17, 15) is 5.11 Å². The molecule has 1 aromatic rings. The highest BCUT2D eigenvalue weighted by Gasteiger charge is 2.40. The first-order valence-corrected chi connectivity index (χ1v) is 5.25. The molecular formula is C12H17NO2. The van der Waals surface area contributed by atoms with Crippen molar-refractivity contribution in [3.8, 4) is 5.75 Å². The van der Waals surface area contributed by atoms with Crippen molar-refractivity contribution >= 4 is 0 Å². The first-order valence-electron chi connectivity index (χ1n) is 5.25. The molecule has 1 heterocycles. The van der Waals surface area contributed by atoms with Crippen LogP contribution in [0.2, 0.25) is 0 Å². The van der Waals surface area contributed by atoms with Gasteiger partial charge in [-0.2, -0.15) is 0 Å². The van der Waals surface area contributed by atoms with Crippen LogP contribution in [0.1, 0.15) is 18.1 Å². The lowest BCUT2D eigenvalue weighted by atomic mass is 9.80. The lowest BCUT2D eigenvalue weighted by Gasteiger charge is -2.39. The third-order valence-corrected chi connectivity index (χ3v) is 3.28. The molecule has 15 heavy (non-hydrogen) atoms. The van der Waals surface area contributed by atoms with Gasteiger partial charge in [-0.1, -0.05) is 25.1 Å². The van der Waals surface area contributed by atoms with Crippen LogP contribution in [0, 0.1) is 12.8 Å². The van der Waals surface area contributed by atoms with Crippen LogP contribution in [0.15, 0.2) is 18.2 Å².